The highest BCUT2D eigenvalue weighted by Gasteiger charge is 2.12. The van der Waals surface area contributed by atoms with Crippen molar-refractivity contribution >= 4 is 0 Å². The van der Waals surface area contributed by atoms with Gasteiger partial charge in [0.1, 0.15) is 11.6 Å². The monoisotopic (exact) mass is 324 g/mol. The molecule has 4 nitrogen and oxygen atoms in total. The molecule has 0 saturated heterocycles. The molecule has 0 amide bonds. The van der Waals surface area contributed by atoms with E-state index in [0.717, 1.165) is 17.5 Å². The number of aryl methyl sites for hydroxylation is 1. The maximum Gasteiger partial charge on any atom is 0.269 e. The molecule has 24 heavy (non-hydrogen) atoms. The quantitative estimate of drug-likeness (QED) is 0.877. The predicted molar refractivity (Wildman–Crippen MR) is 95.6 cm³/mol. The lowest BCUT2D eigenvalue weighted by Gasteiger charge is -2.12. The SMILES string of the molecule is CCC(O)c1ccc(-c2ccn(CCC(C)C)c(=O)c2C#N)cc1. The van der Waals surface area contributed by atoms with Crippen molar-refractivity contribution in [2.24, 2.45) is 5.92 Å². The van der Waals surface area contributed by atoms with Crippen LogP contribution in [0, 0.1) is 17.2 Å². The van der Waals surface area contributed by atoms with Crippen LogP contribution in [0.15, 0.2) is 41.3 Å². The summed E-state index contributed by atoms with van der Waals surface area (Å²) in [7, 11) is 0. The summed E-state index contributed by atoms with van der Waals surface area (Å²) in [5.74, 6) is 0.500. The van der Waals surface area contributed by atoms with Crippen LogP contribution in [0.25, 0.3) is 11.1 Å². The van der Waals surface area contributed by atoms with E-state index in [4.69, 9.17) is 0 Å². The zero-order valence-corrected chi connectivity index (χ0v) is 14.5. The Hall–Kier alpha value is -2.38. The lowest BCUT2D eigenvalue weighted by atomic mass is 9.98. The Morgan fingerprint density at radius 2 is 1.88 bits per heavy atom. The van der Waals surface area contributed by atoms with Crippen molar-refractivity contribution in [1.29, 1.82) is 5.26 Å². The second-order valence-corrected chi connectivity index (χ2v) is 6.44. The van der Waals surface area contributed by atoms with Crippen LogP contribution in [-0.2, 0) is 6.54 Å². The van der Waals surface area contributed by atoms with Crippen LogP contribution in [0.3, 0.4) is 0 Å². The fourth-order valence-corrected chi connectivity index (χ4v) is 2.62. The molecule has 1 unspecified atom stereocenters. The minimum atomic E-state index is -0.487. The molecule has 126 valence electrons. The van der Waals surface area contributed by atoms with Crippen LogP contribution in [0.2, 0.25) is 0 Å². The number of hydrogen-bond acceptors (Lipinski definition) is 3. The maximum absolute atomic E-state index is 12.5. The van der Waals surface area contributed by atoms with E-state index in [9.17, 15) is 15.2 Å². The van der Waals surface area contributed by atoms with Gasteiger partial charge >= 0.3 is 0 Å². The average molecular weight is 324 g/mol. The molecule has 4 heteroatoms. The topological polar surface area (TPSA) is 66.0 Å². The van der Waals surface area contributed by atoms with Crippen molar-refractivity contribution in [1.82, 2.24) is 4.57 Å². The van der Waals surface area contributed by atoms with Gasteiger partial charge in [0, 0.05) is 18.3 Å². The molecule has 0 aliphatic rings. The Kier molecular flexibility index (Phi) is 5.94. The standard InChI is InChI=1S/C20H24N2O2/c1-4-19(23)16-7-5-15(6-8-16)17-10-12-22(11-9-14(2)3)20(24)18(17)13-21/h5-8,10,12,14,19,23H,4,9,11H2,1-3H3. The van der Waals surface area contributed by atoms with E-state index >= 15 is 0 Å². The highest BCUT2D eigenvalue weighted by Crippen LogP contribution is 2.24. The molecule has 0 aliphatic carbocycles. The number of aliphatic hydroxyl groups excluding tert-OH is 1. The fourth-order valence-electron chi connectivity index (χ4n) is 2.62. The summed E-state index contributed by atoms with van der Waals surface area (Å²) in [6.45, 7) is 6.75. The van der Waals surface area contributed by atoms with Crippen molar-refractivity contribution in [3.05, 3.63) is 58.0 Å². The molecule has 1 atom stereocenters. The summed E-state index contributed by atoms with van der Waals surface area (Å²) in [5.41, 5.74) is 2.22. The van der Waals surface area contributed by atoms with Gasteiger partial charge in [0.2, 0.25) is 0 Å². The van der Waals surface area contributed by atoms with E-state index in [1.54, 1.807) is 10.8 Å². The summed E-state index contributed by atoms with van der Waals surface area (Å²) >= 11 is 0. The number of nitrogens with zero attached hydrogens (tertiary/aromatic N) is 2. The van der Waals surface area contributed by atoms with Gasteiger partial charge in [-0.25, -0.2) is 0 Å². The normalized spacial score (nSPS) is 12.2. The van der Waals surface area contributed by atoms with Crippen LogP contribution in [-0.4, -0.2) is 9.67 Å². The molecule has 1 N–H and O–H groups in total. The van der Waals surface area contributed by atoms with Crippen LogP contribution >= 0.6 is 0 Å². The first kappa shape index (κ1) is 18.0. The van der Waals surface area contributed by atoms with Gasteiger partial charge in [0.15, 0.2) is 0 Å². The number of benzene rings is 1. The Bertz CT molecular complexity index is 783. The molecule has 2 rings (SSSR count). The lowest BCUT2D eigenvalue weighted by Crippen LogP contribution is -2.23. The van der Waals surface area contributed by atoms with Gasteiger partial charge in [-0.1, -0.05) is 45.0 Å². The molecular formula is C20H24N2O2. The van der Waals surface area contributed by atoms with Gasteiger partial charge in [0.05, 0.1) is 6.10 Å². The summed E-state index contributed by atoms with van der Waals surface area (Å²) in [4.78, 5) is 12.5. The largest absolute Gasteiger partial charge is 0.388 e. The second-order valence-electron chi connectivity index (χ2n) is 6.44. The van der Waals surface area contributed by atoms with E-state index in [1.807, 2.05) is 37.3 Å². The summed E-state index contributed by atoms with van der Waals surface area (Å²) in [6, 6.07) is 11.3. The zero-order chi connectivity index (χ0) is 17.7. The van der Waals surface area contributed by atoms with Crippen LogP contribution in [0.5, 0.6) is 0 Å². The van der Waals surface area contributed by atoms with Gasteiger partial charge in [-0.05, 0) is 36.0 Å². The number of rotatable bonds is 6. The number of aromatic nitrogens is 1. The number of hydrogen-bond donors (Lipinski definition) is 1. The summed E-state index contributed by atoms with van der Waals surface area (Å²) in [5, 5.41) is 19.3. The average Bonchev–Trinajstić information content (AvgIpc) is 2.59. The second kappa shape index (κ2) is 7.94. The minimum Gasteiger partial charge on any atom is -0.388 e. The first-order valence-corrected chi connectivity index (χ1v) is 8.39. The predicted octanol–water partition coefficient (Wildman–Crippen LogP) is 3.88. The van der Waals surface area contributed by atoms with Gasteiger partial charge in [-0.2, -0.15) is 5.26 Å². The number of aliphatic hydroxyl groups is 1. The third-order valence-corrected chi connectivity index (χ3v) is 4.22. The van der Waals surface area contributed by atoms with Gasteiger partial charge in [-0.3, -0.25) is 4.79 Å². The van der Waals surface area contributed by atoms with Crippen molar-refractivity contribution in [3.8, 4) is 17.2 Å². The van der Waals surface area contributed by atoms with E-state index in [2.05, 4.69) is 19.9 Å². The van der Waals surface area contributed by atoms with E-state index < -0.39 is 6.10 Å². The van der Waals surface area contributed by atoms with E-state index in [-0.39, 0.29) is 11.1 Å². The molecule has 2 aromatic rings. The van der Waals surface area contributed by atoms with Crippen molar-refractivity contribution < 1.29 is 5.11 Å². The Labute approximate surface area is 143 Å². The molecule has 0 saturated carbocycles. The molecule has 1 aromatic carbocycles. The number of pyridine rings is 1. The van der Waals surface area contributed by atoms with Gasteiger partial charge in [-0.15, -0.1) is 0 Å². The highest BCUT2D eigenvalue weighted by molar-refractivity contribution is 5.69. The molecule has 0 spiro atoms. The Balaban J connectivity index is 2.39. The third-order valence-electron chi connectivity index (χ3n) is 4.22. The minimum absolute atomic E-state index is 0.171. The summed E-state index contributed by atoms with van der Waals surface area (Å²) in [6.07, 6.45) is 2.82. The Morgan fingerprint density at radius 3 is 2.42 bits per heavy atom. The molecule has 0 bridgehead atoms. The van der Waals surface area contributed by atoms with Crippen molar-refractivity contribution in [2.45, 2.75) is 46.3 Å². The van der Waals surface area contributed by atoms with E-state index in [1.165, 1.54) is 0 Å². The third kappa shape index (κ3) is 3.93. The van der Waals surface area contributed by atoms with Gasteiger partial charge < -0.3 is 9.67 Å². The first-order chi connectivity index (χ1) is 11.5. The Morgan fingerprint density at radius 1 is 1.21 bits per heavy atom. The molecule has 0 fully saturated rings. The molecule has 0 radical (unpaired) electrons. The van der Waals surface area contributed by atoms with E-state index in [0.29, 0.717) is 24.4 Å². The molecule has 1 heterocycles. The highest BCUT2D eigenvalue weighted by atomic mass is 16.3. The van der Waals surface area contributed by atoms with Crippen LogP contribution in [0.1, 0.15) is 50.8 Å². The molecule has 1 aromatic heterocycles. The maximum atomic E-state index is 12.5. The fraction of sp³-hybridized carbons (Fsp3) is 0.400. The van der Waals surface area contributed by atoms with Gasteiger partial charge in [0.25, 0.3) is 5.56 Å². The number of nitriles is 1. The van der Waals surface area contributed by atoms with Crippen molar-refractivity contribution in [3.63, 3.8) is 0 Å². The summed E-state index contributed by atoms with van der Waals surface area (Å²) < 4.78 is 1.61. The van der Waals surface area contributed by atoms with Crippen molar-refractivity contribution in [2.75, 3.05) is 0 Å². The first-order valence-electron chi connectivity index (χ1n) is 8.39. The molecule has 0 aliphatic heterocycles. The smallest absolute Gasteiger partial charge is 0.269 e. The molecular weight excluding hydrogens is 300 g/mol. The lowest BCUT2D eigenvalue weighted by molar-refractivity contribution is 0.173. The van der Waals surface area contributed by atoms with Crippen LogP contribution in [0.4, 0.5) is 0 Å². The van der Waals surface area contributed by atoms with Crippen LogP contribution < -0.4 is 5.56 Å². The zero-order valence-electron chi connectivity index (χ0n) is 14.5.